The van der Waals surface area contributed by atoms with E-state index in [-0.39, 0.29) is 0 Å². The summed E-state index contributed by atoms with van der Waals surface area (Å²) in [5.74, 6) is 1.27. The quantitative estimate of drug-likeness (QED) is 0.315. The standard InChI is InChI=1S/C48H42/c1-2-12-39-32-40(31-30-35(39)10-1)36-26-22-33(23-27-36)20-21-34-24-28-38(29-25-34)47-43-15-5-7-17-45(43)48(46-18-8-6-16-44(46)47)42-19-9-13-37-11-3-4-14-41(37)42/h1-8,10-18,20-22,24,26,28,30-31,39,43,45H,9,19,23,25,27,29,32H2. The third kappa shape index (κ3) is 5.34. The minimum atomic E-state index is 0.363. The van der Waals surface area contributed by atoms with Gasteiger partial charge in [-0.2, -0.15) is 0 Å². The van der Waals surface area contributed by atoms with Crippen molar-refractivity contribution in [3.8, 4) is 0 Å². The lowest BCUT2D eigenvalue weighted by Gasteiger charge is -2.36. The molecule has 7 aliphatic rings. The Kier molecular flexibility index (Phi) is 7.66. The molecule has 0 nitrogen and oxygen atoms in total. The van der Waals surface area contributed by atoms with Crippen molar-refractivity contribution in [2.24, 2.45) is 17.8 Å². The van der Waals surface area contributed by atoms with Crippen molar-refractivity contribution in [1.82, 2.24) is 0 Å². The summed E-state index contributed by atoms with van der Waals surface area (Å²) in [6.07, 6.45) is 47.6. The molecule has 0 saturated heterocycles. The Morgan fingerprint density at radius 3 is 1.92 bits per heavy atom. The first-order valence-corrected chi connectivity index (χ1v) is 18.0. The highest BCUT2D eigenvalue weighted by molar-refractivity contribution is 5.94. The average Bonchev–Trinajstić information content (AvgIpc) is 3.16. The van der Waals surface area contributed by atoms with Crippen LogP contribution in [0.25, 0.3) is 22.8 Å². The second-order valence-electron chi connectivity index (χ2n) is 14.1. The van der Waals surface area contributed by atoms with Gasteiger partial charge in [0.05, 0.1) is 0 Å². The van der Waals surface area contributed by atoms with Gasteiger partial charge in [0.2, 0.25) is 0 Å². The highest BCUT2D eigenvalue weighted by Crippen LogP contribution is 2.43. The molecule has 0 saturated carbocycles. The highest BCUT2D eigenvalue weighted by atomic mass is 14.4. The van der Waals surface area contributed by atoms with E-state index < -0.39 is 0 Å². The first-order valence-electron chi connectivity index (χ1n) is 18.0. The lowest BCUT2D eigenvalue weighted by atomic mass is 9.68. The molecule has 7 aliphatic carbocycles. The smallest absolute Gasteiger partial charge is 0.0134 e. The number of allylic oxidation sites excluding steroid dienone is 22. The predicted molar refractivity (Wildman–Crippen MR) is 203 cm³/mol. The van der Waals surface area contributed by atoms with Gasteiger partial charge < -0.3 is 0 Å². The maximum absolute atomic E-state index is 2.47. The number of hydrogen-bond donors (Lipinski definition) is 0. The SMILES string of the molecule is C1=CC2=CC=C(C3=CC=C(C=CC4=CC=C(C5=c6ccccc6=C(C6=c7ccccc7=CCC6)C6C=CC=CC56)CC4)CC3)CC2C=C1. The zero-order valence-electron chi connectivity index (χ0n) is 27.6. The predicted octanol–water partition coefficient (Wildman–Crippen LogP) is 8.63. The van der Waals surface area contributed by atoms with Gasteiger partial charge in [-0.1, -0.05) is 152 Å². The van der Waals surface area contributed by atoms with Crippen LogP contribution in [0, 0.1) is 17.8 Å². The molecule has 2 aromatic rings. The fourth-order valence-electron chi connectivity index (χ4n) is 8.95. The van der Waals surface area contributed by atoms with Gasteiger partial charge in [0.15, 0.2) is 0 Å². The van der Waals surface area contributed by atoms with Crippen LogP contribution >= 0.6 is 0 Å². The van der Waals surface area contributed by atoms with E-state index in [1.54, 1.807) is 5.57 Å². The van der Waals surface area contributed by atoms with Gasteiger partial charge in [0.1, 0.15) is 0 Å². The van der Waals surface area contributed by atoms with Crippen LogP contribution in [0.4, 0.5) is 0 Å². The van der Waals surface area contributed by atoms with Crippen LogP contribution in [0.1, 0.15) is 44.9 Å². The first kappa shape index (κ1) is 29.2. The van der Waals surface area contributed by atoms with Crippen LogP contribution < -0.4 is 20.9 Å². The number of rotatable bonds is 5. The summed E-state index contributed by atoms with van der Waals surface area (Å²) in [6, 6.07) is 18.2. The Balaban J connectivity index is 1.03. The van der Waals surface area contributed by atoms with E-state index in [2.05, 4.69) is 152 Å². The molecule has 9 rings (SSSR count). The summed E-state index contributed by atoms with van der Waals surface area (Å²) < 4.78 is 0. The Bertz CT molecular complexity index is 2310. The number of benzene rings is 2. The normalized spacial score (nSPS) is 25.5. The average molecular weight is 619 g/mol. The van der Waals surface area contributed by atoms with Crippen molar-refractivity contribution in [2.75, 3.05) is 0 Å². The van der Waals surface area contributed by atoms with Crippen LogP contribution in [0.15, 0.2) is 179 Å². The van der Waals surface area contributed by atoms with Crippen molar-refractivity contribution in [2.45, 2.75) is 44.9 Å². The summed E-state index contributed by atoms with van der Waals surface area (Å²) in [5.41, 5.74) is 13.4. The van der Waals surface area contributed by atoms with Crippen LogP contribution in [-0.4, -0.2) is 0 Å². The summed E-state index contributed by atoms with van der Waals surface area (Å²) in [6.45, 7) is 0. The molecule has 234 valence electrons. The molecule has 0 radical (unpaired) electrons. The van der Waals surface area contributed by atoms with Crippen molar-refractivity contribution in [3.05, 3.63) is 200 Å². The van der Waals surface area contributed by atoms with Crippen LogP contribution in [-0.2, 0) is 0 Å². The molecular formula is C48H42. The lowest BCUT2D eigenvalue weighted by molar-refractivity contribution is 0.680. The molecule has 0 spiro atoms. The molecule has 2 aromatic carbocycles. The summed E-state index contributed by atoms with van der Waals surface area (Å²) >= 11 is 0. The fourth-order valence-corrected chi connectivity index (χ4v) is 8.95. The molecule has 3 unspecified atom stereocenters. The molecule has 0 aromatic heterocycles. The Morgan fingerprint density at radius 1 is 0.521 bits per heavy atom. The van der Waals surface area contributed by atoms with Crippen molar-refractivity contribution in [3.63, 3.8) is 0 Å². The second kappa shape index (κ2) is 12.6. The summed E-state index contributed by atoms with van der Waals surface area (Å²) in [7, 11) is 0. The van der Waals surface area contributed by atoms with Gasteiger partial charge in [0.25, 0.3) is 0 Å². The van der Waals surface area contributed by atoms with Gasteiger partial charge in [0, 0.05) is 17.8 Å². The minimum absolute atomic E-state index is 0.363. The molecule has 0 aliphatic heterocycles. The van der Waals surface area contributed by atoms with Crippen LogP contribution in [0.2, 0.25) is 0 Å². The van der Waals surface area contributed by atoms with Crippen LogP contribution in [0.5, 0.6) is 0 Å². The molecule has 0 heteroatoms. The van der Waals surface area contributed by atoms with Gasteiger partial charge in [-0.05, 0) is 116 Å². The fraction of sp³-hybridized carbons (Fsp3) is 0.208. The van der Waals surface area contributed by atoms with E-state index in [0.29, 0.717) is 17.8 Å². The Morgan fingerprint density at radius 2 is 1.17 bits per heavy atom. The third-order valence-corrected chi connectivity index (χ3v) is 11.4. The molecule has 0 fully saturated rings. The van der Waals surface area contributed by atoms with Crippen molar-refractivity contribution >= 4 is 22.8 Å². The van der Waals surface area contributed by atoms with Gasteiger partial charge in [-0.25, -0.2) is 0 Å². The molecule has 0 heterocycles. The summed E-state index contributed by atoms with van der Waals surface area (Å²) in [4.78, 5) is 0. The second-order valence-corrected chi connectivity index (χ2v) is 14.1. The zero-order chi connectivity index (χ0) is 31.9. The Labute approximate surface area is 284 Å². The van der Waals surface area contributed by atoms with Crippen molar-refractivity contribution in [1.29, 1.82) is 0 Å². The molecule has 0 N–H and O–H groups in total. The highest BCUT2D eigenvalue weighted by Gasteiger charge is 2.33. The third-order valence-electron chi connectivity index (χ3n) is 11.4. The summed E-state index contributed by atoms with van der Waals surface area (Å²) in [5, 5.41) is 5.67. The van der Waals surface area contributed by atoms with E-state index in [1.807, 2.05) is 0 Å². The Hall–Kier alpha value is -4.94. The largest absolute Gasteiger partial charge is 0.0767 e. The molecule has 0 bridgehead atoms. The lowest BCUT2D eigenvalue weighted by Crippen LogP contribution is -2.42. The molecular weight excluding hydrogens is 577 g/mol. The van der Waals surface area contributed by atoms with E-state index in [4.69, 9.17) is 0 Å². The van der Waals surface area contributed by atoms with E-state index in [1.165, 1.54) is 65.5 Å². The van der Waals surface area contributed by atoms with Gasteiger partial charge in [-0.3, -0.25) is 0 Å². The zero-order valence-corrected chi connectivity index (χ0v) is 27.6. The van der Waals surface area contributed by atoms with Crippen LogP contribution in [0.3, 0.4) is 0 Å². The molecule has 0 amide bonds. The van der Waals surface area contributed by atoms with Crippen molar-refractivity contribution < 1.29 is 0 Å². The van der Waals surface area contributed by atoms with Gasteiger partial charge in [-0.15, -0.1) is 0 Å². The van der Waals surface area contributed by atoms with Gasteiger partial charge >= 0.3 is 0 Å². The van der Waals surface area contributed by atoms with E-state index in [9.17, 15) is 0 Å². The maximum Gasteiger partial charge on any atom is 0.0134 e. The molecule has 3 atom stereocenters. The minimum Gasteiger partial charge on any atom is -0.0767 e. The number of fused-ring (bicyclic) bond motifs is 4. The monoisotopic (exact) mass is 618 g/mol. The first-order chi connectivity index (χ1) is 23.8. The topological polar surface area (TPSA) is 0 Å². The number of hydrogen-bond acceptors (Lipinski definition) is 0. The van der Waals surface area contributed by atoms with E-state index >= 15 is 0 Å². The molecule has 48 heavy (non-hydrogen) atoms. The maximum atomic E-state index is 2.47. The van der Waals surface area contributed by atoms with E-state index in [0.717, 1.165) is 44.9 Å².